The summed E-state index contributed by atoms with van der Waals surface area (Å²) in [6.07, 6.45) is 3.80. The van der Waals surface area contributed by atoms with E-state index in [1.165, 1.54) is 0 Å². The van der Waals surface area contributed by atoms with Crippen molar-refractivity contribution in [2.45, 2.75) is 18.9 Å². The molecule has 0 aromatic carbocycles. The van der Waals surface area contributed by atoms with Crippen molar-refractivity contribution in [2.75, 3.05) is 51.2 Å². The van der Waals surface area contributed by atoms with Crippen molar-refractivity contribution in [2.24, 2.45) is 5.73 Å². The second-order valence-corrected chi connectivity index (χ2v) is 6.22. The monoisotopic (exact) mass is 375 g/mol. The van der Waals surface area contributed by atoms with Gasteiger partial charge in [0.1, 0.15) is 5.82 Å². The van der Waals surface area contributed by atoms with Crippen LogP contribution < -0.4 is 10.6 Å². The summed E-state index contributed by atoms with van der Waals surface area (Å²) < 4.78 is 0. The van der Waals surface area contributed by atoms with Gasteiger partial charge in [-0.3, -0.25) is 4.79 Å². The van der Waals surface area contributed by atoms with Gasteiger partial charge in [-0.25, -0.2) is 4.98 Å². The quantitative estimate of drug-likeness (QED) is 0.860. The standard InChI is InChI=1S/C16H25N5O.2ClH/c1-19-7-9-20(10-8-19)15-11-13(4-5-18-15)16(22)21-6-2-3-14(21)12-17;;/h4-5,11,14H,2-3,6-10,12,17H2,1H3;2*1H. The van der Waals surface area contributed by atoms with E-state index in [9.17, 15) is 4.79 Å². The molecular weight excluding hydrogens is 349 g/mol. The van der Waals surface area contributed by atoms with Gasteiger partial charge in [-0.1, -0.05) is 0 Å². The smallest absolute Gasteiger partial charge is 0.254 e. The maximum Gasteiger partial charge on any atom is 0.254 e. The van der Waals surface area contributed by atoms with Crippen LogP contribution in [0.15, 0.2) is 18.3 Å². The number of carbonyl (C=O) groups excluding carboxylic acids is 1. The SMILES string of the molecule is CN1CCN(c2cc(C(=O)N3CCCC3CN)ccn2)CC1.Cl.Cl. The van der Waals surface area contributed by atoms with Crippen LogP contribution in [0, 0.1) is 0 Å². The van der Waals surface area contributed by atoms with Crippen LogP contribution >= 0.6 is 24.8 Å². The number of hydrogen-bond acceptors (Lipinski definition) is 5. The third-order valence-electron chi connectivity index (χ3n) is 4.73. The molecule has 3 heterocycles. The Morgan fingerprint density at radius 2 is 1.96 bits per heavy atom. The number of halogens is 2. The molecule has 1 aromatic rings. The van der Waals surface area contributed by atoms with E-state index in [0.29, 0.717) is 6.54 Å². The molecule has 0 aliphatic carbocycles. The number of rotatable bonds is 3. The zero-order chi connectivity index (χ0) is 15.5. The highest BCUT2D eigenvalue weighted by Gasteiger charge is 2.28. The Labute approximate surface area is 156 Å². The van der Waals surface area contributed by atoms with Crippen LogP contribution in [0.3, 0.4) is 0 Å². The second kappa shape index (κ2) is 9.42. The normalized spacial score (nSPS) is 21.2. The lowest BCUT2D eigenvalue weighted by atomic mass is 10.2. The van der Waals surface area contributed by atoms with Crippen LogP contribution in [0.25, 0.3) is 0 Å². The van der Waals surface area contributed by atoms with Crippen molar-refractivity contribution in [1.82, 2.24) is 14.8 Å². The van der Waals surface area contributed by atoms with Crippen molar-refractivity contribution in [3.8, 4) is 0 Å². The van der Waals surface area contributed by atoms with Crippen LogP contribution in [0.2, 0.25) is 0 Å². The first-order valence-corrected chi connectivity index (χ1v) is 8.09. The van der Waals surface area contributed by atoms with Gasteiger partial charge in [0.15, 0.2) is 0 Å². The lowest BCUT2D eigenvalue weighted by Gasteiger charge is -2.33. The largest absolute Gasteiger partial charge is 0.354 e. The maximum absolute atomic E-state index is 12.7. The number of amides is 1. The van der Waals surface area contributed by atoms with Crippen molar-refractivity contribution >= 4 is 36.5 Å². The number of nitrogens with two attached hydrogens (primary N) is 1. The van der Waals surface area contributed by atoms with Gasteiger partial charge in [0.05, 0.1) is 0 Å². The third kappa shape index (κ3) is 4.51. The van der Waals surface area contributed by atoms with E-state index in [2.05, 4.69) is 21.8 Å². The summed E-state index contributed by atoms with van der Waals surface area (Å²) in [5.74, 6) is 0.994. The molecule has 8 heteroatoms. The number of aromatic nitrogens is 1. The highest BCUT2D eigenvalue weighted by molar-refractivity contribution is 5.95. The number of piperazine rings is 1. The van der Waals surface area contributed by atoms with Crippen molar-refractivity contribution < 1.29 is 4.79 Å². The van der Waals surface area contributed by atoms with E-state index in [-0.39, 0.29) is 36.8 Å². The van der Waals surface area contributed by atoms with Crippen molar-refractivity contribution in [1.29, 1.82) is 0 Å². The second-order valence-electron chi connectivity index (χ2n) is 6.22. The Morgan fingerprint density at radius 3 is 2.62 bits per heavy atom. The molecule has 1 aromatic heterocycles. The van der Waals surface area contributed by atoms with Crippen LogP contribution in [0.1, 0.15) is 23.2 Å². The molecule has 0 spiro atoms. The minimum atomic E-state index is 0. The van der Waals surface area contributed by atoms with Crippen molar-refractivity contribution in [3.63, 3.8) is 0 Å². The summed E-state index contributed by atoms with van der Waals surface area (Å²) in [6.45, 7) is 5.32. The average Bonchev–Trinajstić information content (AvgIpc) is 3.03. The summed E-state index contributed by atoms with van der Waals surface area (Å²) >= 11 is 0. The van der Waals surface area contributed by atoms with E-state index < -0.39 is 0 Å². The van der Waals surface area contributed by atoms with Gasteiger partial charge in [0, 0.05) is 57.1 Å². The van der Waals surface area contributed by atoms with Crippen molar-refractivity contribution in [3.05, 3.63) is 23.9 Å². The molecule has 0 radical (unpaired) electrons. The van der Waals surface area contributed by atoms with E-state index in [0.717, 1.165) is 56.9 Å². The molecule has 2 saturated heterocycles. The number of likely N-dealkylation sites (tertiary alicyclic amines) is 1. The molecule has 2 N–H and O–H groups in total. The Balaban J connectivity index is 0.00000144. The predicted octanol–water partition coefficient (Wildman–Crippen LogP) is 1.24. The van der Waals surface area contributed by atoms with Crippen LogP contribution in [-0.2, 0) is 0 Å². The molecule has 2 aliphatic rings. The first-order valence-electron chi connectivity index (χ1n) is 8.09. The minimum absolute atomic E-state index is 0. The summed E-state index contributed by atoms with van der Waals surface area (Å²) in [6, 6.07) is 3.93. The molecule has 3 rings (SSSR count). The fourth-order valence-electron chi connectivity index (χ4n) is 3.27. The van der Waals surface area contributed by atoms with Gasteiger partial charge in [-0.05, 0) is 32.0 Å². The highest BCUT2D eigenvalue weighted by atomic mass is 35.5. The van der Waals surface area contributed by atoms with Crippen LogP contribution in [0.5, 0.6) is 0 Å². The number of carbonyl (C=O) groups is 1. The lowest BCUT2D eigenvalue weighted by molar-refractivity contribution is 0.0741. The first kappa shape index (κ1) is 21.0. The fraction of sp³-hybridized carbons (Fsp3) is 0.625. The van der Waals surface area contributed by atoms with Crippen LogP contribution in [0.4, 0.5) is 5.82 Å². The Bertz CT molecular complexity index is 537. The molecular formula is C16H27Cl2N5O. The summed E-state index contributed by atoms with van der Waals surface area (Å²) in [5, 5.41) is 0. The molecule has 136 valence electrons. The number of hydrogen-bond donors (Lipinski definition) is 1. The van der Waals surface area contributed by atoms with E-state index in [1.807, 2.05) is 17.0 Å². The fourth-order valence-corrected chi connectivity index (χ4v) is 3.27. The number of likely N-dealkylation sites (N-methyl/N-ethyl adjacent to an activating group) is 1. The minimum Gasteiger partial charge on any atom is -0.354 e. The molecule has 1 amide bonds. The highest BCUT2D eigenvalue weighted by Crippen LogP contribution is 2.21. The van der Waals surface area contributed by atoms with E-state index >= 15 is 0 Å². The summed E-state index contributed by atoms with van der Waals surface area (Å²) in [4.78, 5) is 23.6. The Kier molecular flexibility index (Phi) is 8.22. The first-order chi connectivity index (χ1) is 10.7. The molecule has 24 heavy (non-hydrogen) atoms. The molecule has 2 fully saturated rings. The molecule has 0 bridgehead atoms. The van der Waals surface area contributed by atoms with Crippen LogP contribution in [-0.4, -0.2) is 73.0 Å². The molecule has 6 nitrogen and oxygen atoms in total. The zero-order valence-electron chi connectivity index (χ0n) is 14.1. The topological polar surface area (TPSA) is 65.7 Å². The summed E-state index contributed by atoms with van der Waals surface area (Å²) in [5.41, 5.74) is 6.51. The Morgan fingerprint density at radius 1 is 1.25 bits per heavy atom. The molecule has 2 aliphatic heterocycles. The van der Waals surface area contributed by atoms with Gasteiger partial charge in [-0.15, -0.1) is 24.8 Å². The average molecular weight is 376 g/mol. The molecule has 0 saturated carbocycles. The van der Waals surface area contributed by atoms with Gasteiger partial charge in [0.2, 0.25) is 0 Å². The van der Waals surface area contributed by atoms with Gasteiger partial charge >= 0.3 is 0 Å². The van der Waals surface area contributed by atoms with E-state index in [1.54, 1.807) is 6.20 Å². The number of nitrogens with zero attached hydrogens (tertiary/aromatic N) is 4. The number of anilines is 1. The van der Waals surface area contributed by atoms with Gasteiger partial charge in [0.25, 0.3) is 5.91 Å². The molecule has 1 atom stereocenters. The lowest BCUT2D eigenvalue weighted by Crippen LogP contribution is -2.45. The summed E-state index contributed by atoms with van der Waals surface area (Å²) in [7, 11) is 2.13. The Hall–Kier alpha value is -1.08. The molecule has 1 unspecified atom stereocenters. The van der Waals surface area contributed by atoms with Gasteiger partial charge in [-0.2, -0.15) is 0 Å². The van der Waals surface area contributed by atoms with Gasteiger partial charge < -0.3 is 20.4 Å². The number of pyridine rings is 1. The van der Waals surface area contributed by atoms with E-state index in [4.69, 9.17) is 5.73 Å². The maximum atomic E-state index is 12.7. The predicted molar refractivity (Wildman–Crippen MR) is 102 cm³/mol. The zero-order valence-corrected chi connectivity index (χ0v) is 15.7. The third-order valence-corrected chi connectivity index (χ3v) is 4.73.